The molecule has 1 atom stereocenters. The summed E-state index contributed by atoms with van der Waals surface area (Å²) in [5.74, 6) is 0.614. The van der Waals surface area contributed by atoms with Crippen molar-refractivity contribution >= 4 is 28.2 Å². The summed E-state index contributed by atoms with van der Waals surface area (Å²) in [6, 6.07) is 21.9. The molecule has 1 unspecified atom stereocenters. The Labute approximate surface area is 248 Å². The van der Waals surface area contributed by atoms with Gasteiger partial charge in [-0.3, -0.25) is 15.2 Å². The monoisotopic (exact) mass is 566 g/mol. The predicted octanol–water partition coefficient (Wildman–Crippen LogP) is 6.19. The average molecular weight is 567 g/mol. The van der Waals surface area contributed by atoms with Gasteiger partial charge in [0.1, 0.15) is 5.75 Å². The first-order valence-electron chi connectivity index (χ1n) is 14.7. The average Bonchev–Trinajstić information content (AvgIpc) is 3.00. The highest BCUT2D eigenvalue weighted by atomic mass is 16.5. The molecule has 2 amide bonds. The maximum Gasteiger partial charge on any atom is 0.323 e. The lowest BCUT2D eigenvalue weighted by atomic mass is 9.87. The van der Waals surface area contributed by atoms with Gasteiger partial charge in [0.25, 0.3) is 0 Å². The van der Waals surface area contributed by atoms with E-state index < -0.39 is 0 Å². The first-order chi connectivity index (χ1) is 20.3. The van der Waals surface area contributed by atoms with Crippen LogP contribution in [0.5, 0.6) is 5.75 Å². The van der Waals surface area contributed by atoms with Crippen molar-refractivity contribution in [2.24, 2.45) is 0 Å². The standard InChI is InChI=1S/C34H42N6O2/c1-6-40(32-21-35-17-18-36-32)22-25-13-11-23(20-37-25)26-14-15-29(28-10-8-7-9-27(26)28)38-33(41)39-30-19-24(34(2,3)4)12-16-31(30)42-5/h7-16,19-20,32,35-36H,6,17-18,21-22H2,1-5H3,(H2,38,39,41). The molecule has 4 N–H and O–H groups in total. The van der Waals surface area contributed by atoms with Crippen molar-refractivity contribution in [1.82, 2.24) is 20.5 Å². The van der Waals surface area contributed by atoms with Gasteiger partial charge in [0.2, 0.25) is 0 Å². The fourth-order valence-corrected chi connectivity index (χ4v) is 5.43. The predicted molar refractivity (Wildman–Crippen MR) is 172 cm³/mol. The number of aromatic nitrogens is 1. The number of rotatable bonds is 8. The molecule has 1 aliphatic heterocycles. The molecule has 1 aromatic heterocycles. The van der Waals surface area contributed by atoms with Gasteiger partial charge in [-0.05, 0) is 52.7 Å². The van der Waals surface area contributed by atoms with E-state index in [1.54, 1.807) is 7.11 Å². The van der Waals surface area contributed by atoms with Crippen molar-refractivity contribution in [2.75, 3.05) is 43.9 Å². The number of ether oxygens (including phenoxy) is 1. The Kier molecular flexibility index (Phi) is 9.06. The molecule has 4 aromatic rings. The second-order valence-corrected chi connectivity index (χ2v) is 11.7. The number of nitrogens with zero attached hydrogens (tertiary/aromatic N) is 2. The normalized spacial score (nSPS) is 15.5. The van der Waals surface area contributed by atoms with E-state index in [2.05, 4.69) is 72.1 Å². The molecule has 42 heavy (non-hydrogen) atoms. The number of hydrogen-bond acceptors (Lipinski definition) is 6. The molecule has 0 aliphatic carbocycles. The van der Waals surface area contributed by atoms with Gasteiger partial charge in [0.15, 0.2) is 0 Å². The highest BCUT2D eigenvalue weighted by Crippen LogP contribution is 2.34. The number of hydrogen-bond donors (Lipinski definition) is 4. The topological polar surface area (TPSA) is 90.6 Å². The molecule has 0 saturated carbocycles. The van der Waals surface area contributed by atoms with Crippen LogP contribution < -0.4 is 26.0 Å². The molecule has 220 valence electrons. The zero-order chi connectivity index (χ0) is 29.7. The zero-order valence-electron chi connectivity index (χ0n) is 25.3. The molecule has 8 heteroatoms. The van der Waals surface area contributed by atoms with E-state index in [9.17, 15) is 4.79 Å². The van der Waals surface area contributed by atoms with Crippen molar-refractivity contribution < 1.29 is 9.53 Å². The quantitative estimate of drug-likeness (QED) is 0.203. The number of amides is 2. The minimum absolute atomic E-state index is 0.0578. The number of benzene rings is 3. The van der Waals surface area contributed by atoms with Crippen molar-refractivity contribution in [3.05, 3.63) is 84.2 Å². The number of methoxy groups -OCH3 is 1. The number of pyridine rings is 1. The number of fused-ring (bicyclic) bond motifs is 1. The smallest absolute Gasteiger partial charge is 0.323 e. The van der Waals surface area contributed by atoms with E-state index in [0.717, 1.165) is 71.6 Å². The van der Waals surface area contributed by atoms with Crippen LogP contribution in [0.1, 0.15) is 39.0 Å². The lowest BCUT2D eigenvalue weighted by Crippen LogP contribution is -2.56. The molecule has 0 spiro atoms. The third-order valence-electron chi connectivity index (χ3n) is 7.85. The maximum absolute atomic E-state index is 13.2. The van der Waals surface area contributed by atoms with Gasteiger partial charge in [-0.2, -0.15) is 0 Å². The molecule has 0 radical (unpaired) electrons. The van der Waals surface area contributed by atoms with E-state index in [1.807, 2.05) is 54.7 Å². The second kappa shape index (κ2) is 12.9. The van der Waals surface area contributed by atoms with E-state index >= 15 is 0 Å². The number of carbonyl (C=O) groups is 1. The Bertz CT molecular complexity index is 1520. The van der Waals surface area contributed by atoms with Crippen molar-refractivity contribution in [1.29, 1.82) is 0 Å². The number of carbonyl (C=O) groups excluding carboxylic acids is 1. The van der Waals surface area contributed by atoms with Gasteiger partial charge >= 0.3 is 6.03 Å². The summed E-state index contributed by atoms with van der Waals surface area (Å²) < 4.78 is 5.51. The van der Waals surface area contributed by atoms with Gasteiger partial charge in [-0.1, -0.05) is 70.2 Å². The van der Waals surface area contributed by atoms with Gasteiger partial charge < -0.3 is 20.7 Å². The summed E-state index contributed by atoms with van der Waals surface area (Å²) in [5, 5.41) is 15.1. The molecule has 1 aliphatic rings. The number of anilines is 2. The van der Waals surface area contributed by atoms with Crippen LogP contribution in [0.25, 0.3) is 21.9 Å². The summed E-state index contributed by atoms with van der Waals surface area (Å²) >= 11 is 0. The molecular formula is C34H42N6O2. The minimum atomic E-state index is -0.327. The maximum atomic E-state index is 13.2. The van der Waals surface area contributed by atoms with Crippen molar-refractivity contribution in [3.63, 3.8) is 0 Å². The van der Waals surface area contributed by atoms with Crippen molar-refractivity contribution in [3.8, 4) is 16.9 Å². The van der Waals surface area contributed by atoms with Crippen LogP contribution in [0.15, 0.2) is 72.9 Å². The van der Waals surface area contributed by atoms with Crippen LogP contribution in [0.3, 0.4) is 0 Å². The van der Waals surface area contributed by atoms with E-state index in [4.69, 9.17) is 9.72 Å². The fraction of sp³-hybridized carbons (Fsp3) is 0.353. The van der Waals surface area contributed by atoms with Crippen LogP contribution in [-0.2, 0) is 12.0 Å². The SMILES string of the molecule is CCN(Cc1ccc(-c2ccc(NC(=O)Nc3cc(C(C)(C)C)ccc3OC)c3ccccc23)cn1)C1CNCCN1. The highest BCUT2D eigenvalue weighted by molar-refractivity contribution is 6.10. The largest absolute Gasteiger partial charge is 0.495 e. The number of piperazine rings is 1. The molecule has 1 saturated heterocycles. The molecule has 1 fully saturated rings. The number of likely N-dealkylation sites (N-methyl/N-ethyl adjacent to an activating group) is 1. The van der Waals surface area contributed by atoms with E-state index in [0.29, 0.717) is 17.6 Å². The summed E-state index contributed by atoms with van der Waals surface area (Å²) in [6.07, 6.45) is 2.26. The summed E-state index contributed by atoms with van der Waals surface area (Å²) in [7, 11) is 1.61. The van der Waals surface area contributed by atoms with Gasteiger partial charge in [-0.15, -0.1) is 0 Å². The Hall–Kier alpha value is -3.98. The Balaban J connectivity index is 1.35. The molecule has 8 nitrogen and oxygen atoms in total. The molecule has 3 aromatic carbocycles. The Morgan fingerprint density at radius 1 is 1.00 bits per heavy atom. The molecule has 0 bridgehead atoms. The Morgan fingerprint density at radius 3 is 2.45 bits per heavy atom. The zero-order valence-corrected chi connectivity index (χ0v) is 25.3. The van der Waals surface area contributed by atoms with Crippen LogP contribution in [0.4, 0.5) is 16.2 Å². The fourth-order valence-electron chi connectivity index (χ4n) is 5.43. The van der Waals surface area contributed by atoms with E-state index in [-0.39, 0.29) is 11.4 Å². The second-order valence-electron chi connectivity index (χ2n) is 11.7. The first kappa shape index (κ1) is 29.5. The van der Waals surface area contributed by atoms with Gasteiger partial charge in [-0.25, -0.2) is 4.79 Å². The summed E-state index contributed by atoms with van der Waals surface area (Å²) in [4.78, 5) is 20.4. The number of nitrogens with one attached hydrogen (secondary N) is 4. The van der Waals surface area contributed by atoms with Crippen LogP contribution in [-0.4, -0.2) is 55.4 Å². The van der Waals surface area contributed by atoms with Crippen molar-refractivity contribution in [2.45, 2.75) is 45.8 Å². The third-order valence-corrected chi connectivity index (χ3v) is 7.85. The highest BCUT2D eigenvalue weighted by Gasteiger charge is 2.20. The van der Waals surface area contributed by atoms with Crippen LogP contribution in [0.2, 0.25) is 0 Å². The summed E-state index contributed by atoms with van der Waals surface area (Å²) in [6.45, 7) is 13.3. The molecule has 5 rings (SSSR count). The first-order valence-corrected chi connectivity index (χ1v) is 14.7. The van der Waals surface area contributed by atoms with Gasteiger partial charge in [0, 0.05) is 43.3 Å². The molecular weight excluding hydrogens is 524 g/mol. The Morgan fingerprint density at radius 2 is 1.79 bits per heavy atom. The van der Waals surface area contributed by atoms with Crippen LogP contribution >= 0.6 is 0 Å². The number of urea groups is 1. The van der Waals surface area contributed by atoms with E-state index in [1.165, 1.54) is 0 Å². The third kappa shape index (κ3) is 6.73. The lowest BCUT2D eigenvalue weighted by Gasteiger charge is -2.34. The molecule has 2 heterocycles. The van der Waals surface area contributed by atoms with Gasteiger partial charge in [0.05, 0.1) is 30.3 Å². The minimum Gasteiger partial charge on any atom is -0.495 e. The van der Waals surface area contributed by atoms with Crippen LogP contribution in [0, 0.1) is 0 Å². The summed E-state index contributed by atoms with van der Waals surface area (Å²) in [5.41, 5.74) is 5.56. The lowest BCUT2D eigenvalue weighted by molar-refractivity contribution is 0.145.